The van der Waals surface area contributed by atoms with Crippen LogP contribution in [0.3, 0.4) is 0 Å². The van der Waals surface area contributed by atoms with Crippen molar-refractivity contribution in [1.82, 2.24) is 4.90 Å². The normalized spacial score (nSPS) is 11.9. The molecular formula is C13H23N. The molecule has 0 aliphatic rings. The number of nitrogens with zero attached hydrogens (tertiary/aromatic N) is 1. The minimum absolute atomic E-state index is 0.618. The highest BCUT2D eigenvalue weighted by atomic mass is 15.1. The van der Waals surface area contributed by atoms with Gasteiger partial charge in [-0.2, -0.15) is 0 Å². The summed E-state index contributed by atoms with van der Waals surface area (Å²) in [5.74, 6) is 0. The van der Waals surface area contributed by atoms with Crippen molar-refractivity contribution < 1.29 is 0 Å². The number of rotatable bonds is 3. The van der Waals surface area contributed by atoms with Crippen LogP contribution in [0.2, 0.25) is 0 Å². The standard InChI is InChI=1S/C11H17N.C2H6/c1-10(12(2)3)9-11-7-5-4-6-8-11;1-2/h4-8,10H,9H2,1-3H3;1-2H3/t10-;/m0./s1. The Labute approximate surface area is 88.8 Å². The molecule has 0 saturated heterocycles. The Kier molecular flexibility index (Phi) is 7.13. The van der Waals surface area contributed by atoms with Gasteiger partial charge in [0.25, 0.3) is 0 Å². The molecule has 80 valence electrons. The molecule has 0 unspecified atom stereocenters. The summed E-state index contributed by atoms with van der Waals surface area (Å²) in [7, 11) is 4.24. The first-order valence-corrected chi connectivity index (χ1v) is 5.40. The van der Waals surface area contributed by atoms with Crippen molar-refractivity contribution in [2.24, 2.45) is 0 Å². The molecule has 1 atom stereocenters. The second-order valence-electron chi connectivity index (χ2n) is 3.50. The smallest absolute Gasteiger partial charge is 0.0101 e. The molecule has 0 heterocycles. The van der Waals surface area contributed by atoms with Gasteiger partial charge in [0, 0.05) is 6.04 Å². The maximum absolute atomic E-state index is 2.24. The van der Waals surface area contributed by atoms with E-state index >= 15 is 0 Å². The summed E-state index contributed by atoms with van der Waals surface area (Å²) >= 11 is 0. The number of benzene rings is 1. The Hall–Kier alpha value is -0.820. The zero-order chi connectivity index (χ0) is 11.0. The van der Waals surface area contributed by atoms with Gasteiger partial charge in [0.1, 0.15) is 0 Å². The third-order valence-electron chi connectivity index (χ3n) is 2.26. The predicted octanol–water partition coefficient (Wildman–Crippen LogP) is 3.21. The molecule has 1 nitrogen and oxygen atoms in total. The maximum atomic E-state index is 2.24. The fraction of sp³-hybridized carbons (Fsp3) is 0.538. The quantitative estimate of drug-likeness (QED) is 0.712. The maximum Gasteiger partial charge on any atom is 0.0101 e. The van der Waals surface area contributed by atoms with Crippen molar-refractivity contribution in [1.29, 1.82) is 0 Å². The summed E-state index contributed by atoms with van der Waals surface area (Å²) in [4.78, 5) is 2.24. The molecule has 0 aliphatic carbocycles. The summed E-state index contributed by atoms with van der Waals surface area (Å²) in [5.41, 5.74) is 1.42. The summed E-state index contributed by atoms with van der Waals surface area (Å²) in [6.45, 7) is 6.24. The lowest BCUT2D eigenvalue weighted by Crippen LogP contribution is -2.26. The predicted molar refractivity (Wildman–Crippen MR) is 64.6 cm³/mol. The van der Waals surface area contributed by atoms with Crippen LogP contribution in [0.1, 0.15) is 26.3 Å². The number of hydrogen-bond acceptors (Lipinski definition) is 1. The van der Waals surface area contributed by atoms with Crippen LogP contribution >= 0.6 is 0 Å². The highest BCUT2D eigenvalue weighted by molar-refractivity contribution is 5.15. The molecule has 0 N–H and O–H groups in total. The molecule has 0 spiro atoms. The summed E-state index contributed by atoms with van der Waals surface area (Å²) < 4.78 is 0. The molecule has 0 aromatic heterocycles. The van der Waals surface area contributed by atoms with Gasteiger partial charge in [-0.3, -0.25) is 0 Å². The largest absolute Gasteiger partial charge is 0.306 e. The summed E-state index contributed by atoms with van der Waals surface area (Å²) in [6.07, 6.45) is 1.13. The van der Waals surface area contributed by atoms with Gasteiger partial charge >= 0.3 is 0 Å². The molecule has 1 aromatic carbocycles. The highest BCUT2D eigenvalue weighted by Gasteiger charge is 2.04. The Morgan fingerprint density at radius 2 is 1.57 bits per heavy atom. The van der Waals surface area contributed by atoms with Gasteiger partial charge in [-0.1, -0.05) is 44.2 Å². The van der Waals surface area contributed by atoms with Crippen LogP contribution in [-0.4, -0.2) is 25.0 Å². The van der Waals surface area contributed by atoms with Gasteiger partial charge in [-0.05, 0) is 33.0 Å². The second-order valence-corrected chi connectivity index (χ2v) is 3.50. The minimum Gasteiger partial charge on any atom is -0.306 e. The van der Waals surface area contributed by atoms with Crippen molar-refractivity contribution in [3.63, 3.8) is 0 Å². The van der Waals surface area contributed by atoms with Crippen LogP contribution in [0.25, 0.3) is 0 Å². The molecule has 14 heavy (non-hydrogen) atoms. The fourth-order valence-corrected chi connectivity index (χ4v) is 1.14. The van der Waals surface area contributed by atoms with E-state index in [-0.39, 0.29) is 0 Å². The molecule has 0 radical (unpaired) electrons. The first kappa shape index (κ1) is 13.2. The van der Waals surface area contributed by atoms with Gasteiger partial charge in [0.15, 0.2) is 0 Å². The van der Waals surface area contributed by atoms with E-state index < -0.39 is 0 Å². The molecule has 0 bridgehead atoms. The Morgan fingerprint density at radius 3 is 2.00 bits per heavy atom. The van der Waals surface area contributed by atoms with E-state index in [2.05, 4.69) is 56.3 Å². The van der Waals surface area contributed by atoms with E-state index in [0.29, 0.717) is 6.04 Å². The zero-order valence-electron chi connectivity index (χ0n) is 10.1. The Bertz CT molecular complexity index is 216. The van der Waals surface area contributed by atoms with Gasteiger partial charge < -0.3 is 4.90 Å². The third-order valence-corrected chi connectivity index (χ3v) is 2.26. The lowest BCUT2D eigenvalue weighted by Gasteiger charge is -2.19. The first-order valence-electron chi connectivity index (χ1n) is 5.40. The third kappa shape index (κ3) is 5.03. The van der Waals surface area contributed by atoms with Gasteiger partial charge in [0.05, 0.1) is 0 Å². The lowest BCUT2D eigenvalue weighted by molar-refractivity contribution is 0.312. The topological polar surface area (TPSA) is 3.24 Å². The minimum atomic E-state index is 0.618. The summed E-state index contributed by atoms with van der Waals surface area (Å²) in [6, 6.07) is 11.2. The molecule has 1 rings (SSSR count). The van der Waals surface area contributed by atoms with Crippen molar-refractivity contribution in [3.05, 3.63) is 35.9 Å². The van der Waals surface area contributed by atoms with E-state index in [9.17, 15) is 0 Å². The Morgan fingerprint density at radius 1 is 1.07 bits per heavy atom. The van der Waals surface area contributed by atoms with Crippen LogP contribution in [0.5, 0.6) is 0 Å². The molecule has 0 amide bonds. The van der Waals surface area contributed by atoms with Gasteiger partial charge in [-0.15, -0.1) is 0 Å². The fourth-order valence-electron chi connectivity index (χ4n) is 1.14. The zero-order valence-corrected chi connectivity index (χ0v) is 10.1. The number of likely N-dealkylation sites (N-methyl/N-ethyl adjacent to an activating group) is 1. The lowest BCUT2D eigenvalue weighted by atomic mass is 10.1. The molecular weight excluding hydrogens is 170 g/mol. The molecule has 0 aliphatic heterocycles. The van der Waals surface area contributed by atoms with E-state index in [4.69, 9.17) is 0 Å². The van der Waals surface area contributed by atoms with Crippen molar-refractivity contribution in [3.8, 4) is 0 Å². The van der Waals surface area contributed by atoms with Crippen LogP contribution in [0.15, 0.2) is 30.3 Å². The van der Waals surface area contributed by atoms with E-state index in [1.165, 1.54) is 5.56 Å². The van der Waals surface area contributed by atoms with Crippen LogP contribution in [-0.2, 0) is 6.42 Å². The van der Waals surface area contributed by atoms with Crippen molar-refractivity contribution in [2.45, 2.75) is 33.2 Å². The van der Waals surface area contributed by atoms with Crippen LogP contribution in [0, 0.1) is 0 Å². The molecule has 1 aromatic rings. The SMILES string of the molecule is CC.C[C@@H](Cc1ccccc1)N(C)C. The summed E-state index contributed by atoms with van der Waals surface area (Å²) in [5, 5.41) is 0. The molecule has 1 heteroatoms. The monoisotopic (exact) mass is 193 g/mol. The van der Waals surface area contributed by atoms with Gasteiger partial charge in [-0.25, -0.2) is 0 Å². The van der Waals surface area contributed by atoms with E-state index in [1.54, 1.807) is 0 Å². The first-order chi connectivity index (χ1) is 6.70. The Balaban J connectivity index is 0.000000791. The van der Waals surface area contributed by atoms with Crippen molar-refractivity contribution in [2.75, 3.05) is 14.1 Å². The molecule has 0 saturated carbocycles. The van der Waals surface area contributed by atoms with Crippen LogP contribution in [0.4, 0.5) is 0 Å². The number of hydrogen-bond donors (Lipinski definition) is 0. The average molecular weight is 193 g/mol. The average Bonchev–Trinajstić information content (AvgIpc) is 2.22. The highest BCUT2D eigenvalue weighted by Crippen LogP contribution is 2.05. The van der Waals surface area contributed by atoms with E-state index in [1.807, 2.05) is 13.8 Å². The second kappa shape index (κ2) is 7.57. The molecule has 0 fully saturated rings. The van der Waals surface area contributed by atoms with Crippen molar-refractivity contribution >= 4 is 0 Å². The van der Waals surface area contributed by atoms with E-state index in [0.717, 1.165) is 6.42 Å². The van der Waals surface area contributed by atoms with Gasteiger partial charge in [0.2, 0.25) is 0 Å². The van der Waals surface area contributed by atoms with Crippen LogP contribution < -0.4 is 0 Å².